The van der Waals surface area contributed by atoms with Crippen molar-refractivity contribution < 1.29 is 9.53 Å². The predicted molar refractivity (Wildman–Crippen MR) is 94.0 cm³/mol. The van der Waals surface area contributed by atoms with Crippen LogP contribution in [0.15, 0.2) is 36.5 Å². The summed E-state index contributed by atoms with van der Waals surface area (Å²) >= 11 is 0. The highest BCUT2D eigenvalue weighted by Crippen LogP contribution is 2.48. The number of benzene rings is 1. The number of aryl methyl sites for hydroxylation is 1. The summed E-state index contributed by atoms with van der Waals surface area (Å²) in [5.74, 6) is 1.15. The second-order valence-electron chi connectivity index (χ2n) is 7.14. The summed E-state index contributed by atoms with van der Waals surface area (Å²) in [6, 6.07) is 9.65. The zero-order valence-electron chi connectivity index (χ0n) is 14.5. The van der Waals surface area contributed by atoms with Crippen molar-refractivity contribution in [3.05, 3.63) is 53.6 Å². The van der Waals surface area contributed by atoms with Gasteiger partial charge in [-0.1, -0.05) is 18.2 Å². The van der Waals surface area contributed by atoms with E-state index in [9.17, 15) is 4.79 Å². The maximum atomic E-state index is 12.8. The Morgan fingerprint density at radius 2 is 2.15 bits per heavy atom. The number of rotatable bonds is 2. The Balaban J connectivity index is 1.46. The molecular formula is C19H19N5O2. The van der Waals surface area contributed by atoms with Gasteiger partial charge >= 0.3 is 0 Å². The van der Waals surface area contributed by atoms with E-state index in [1.54, 1.807) is 10.7 Å². The van der Waals surface area contributed by atoms with Crippen molar-refractivity contribution >= 4 is 11.7 Å². The summed E-state index contributed by atoms with van der Waals surface area (Å²) < 4.78 is 7.82. The smallest absolute Gasteiger partial charge is 0.291 e. The average molecular weight is 349 g/mol. The molecule has 0 radical (unpaired) electrons. The first-order valence-corrected chi connectivity index (χ1v) is 8.91. The molecule has 1 atom stereocenters. The Hall–Kier alpha value is -2.96. The minimum Gasteiger partial charge on any atom is -0.487 e. The third-order valence-corrected chi connectivity index (χ3v) is 5.40. The van der Waals surface area contributed by atoms with E-state index in [0.717, 1.165) is 36.3 Å². The number of ether oxygens (including phenoxy) is 1. The van der Waals surface area contributed by atoms with E-state index in [4.69, 9.17) is 4.74 Å². The number of fused-ring (bicyclic) bond motifs is 2. The minimum atomic E-state index is -0.286. The van der Waals surface area contributed by atoms with Gasteiger partial charge in [-0.2, -0.15) is 4.98 Å². The van der Waals surface area contributed by atoms with Gasteiger partial charge in [-0.3, -0.25) is 4.79 Å². The summed E-state index contributed by atoms with van der Waals surface area (Å²) in [5.41, 5.74) is 1.75. The number of para-hydroxylation sites is 1. The van der Waals surface area contributed by atoms with Crippen LogP contribution in [-0.4, -0.2) is 31.1 Å². The number of aromatic nitrogens is 4. The van der Waals surface area contributed by atoms with Gasteiger partial charge in [-0.15, -0.1) is 5.10 Å². The van der Waals surface area contributed by atoms with E-state index < -0.39 is 0 Å². The number of carbonyl (C=O) groups excluding carboxylic acids is 1. The predicted octanol–water partition coefficient (Wildman–Crippen LogP) is 2.61. The third-order valence-electron chi connectivity index (χ3n) is 5.40. The quantitative estimate of drug-likeness (QED) is 0.769. The molecule has 7 nitrogen and oxygen atoms in total. The van der Waals surface area contributed by atoms with Crippen LogP contribution in [-0.2, 0) is 0 Å². The molecule has 1 spiro atoms. The van der Waals surface area contributed by atoms with Crippen molar-refractivity contribution in [2.45, 2.75) is 44.2 Å². The van der Waals surface area contributed by atoms with Crippen LogP contribution in [0.1, 0.15) is 53.6 Å². The first kappa shape index (κ1) is 15.3. The highest BCUT2D eigenvalue weighted by Gasteiger charge is 2.46. The van der Waals surface area contributed by atoms with Gasteiger partial charge in [0, 0.05) is 23.9 Å². The monoisotopic (exact) mass is 349 g/mol. The van der Waals surface area contributed by atoms with Crippen molar-refractivity contribution in [2.75, 3.05) is 0 Å². The van der Waals surface area contributed by atoms with Crippen LogP contribution in [0.25, 0.3) is 5.78 Å². The lowest BCUT2D eigenvalue weighted by Gasteiger charge is -2.47. The molecule has 1 aliphatic carbocycles. The Morgan fingerprint density at radius 1 is 1.31 bits per heavy atom. The summed E-state index contributed by atoms with van der Waals surface area (Å²) in [6.07, 6.45) is 5.67. The maximum absolute atomic E-state index is 12.8. The second kappa shape index (κ2) is 5.52. The lowest BCUT2D eigenvalue weighted by Crippen LogP contribution is -2.49. The summed E-state index contributed by atoms with van der Waals surface area (Å²) in [7, 11) is 0. The maximum Gasteiger partial charge on any atom is 0.291 e. The van der Waals surface area contributed by atoms with Crippen molar-refractivity contribution in [3.63, 3.8) is 0 Å². The number of nitrogens with zero attached hydrogens (tertiary/aromatic N) is 4. The van der Waals surface area contributed by atoms with Crippen molar-refractivity contribution in [2.24, 2.45) is 0 Å². The van der Waals surface area contributed by atoms with Gasteiger partial charge in [-0.25, -0.2) is 9.50 Å². The lowest BCUT2D eigenvalue weighted by atomic mass is 9.73. The van der Waals surface area contributed by atoms with Crippen LogP contribution in [0.3, 0.4) is 0 Å². The van der Waals surface area contributed by atoms with Crippen molar-refractivity contribution in [3.8, 4) is 5.75 Å². The fourth-order valence-corrected chi connectivity index (χ4v) is 3.85. The van der Waals surface area contributed by atoms with Crippen LogP contribution < -0.4 is 10.1 Å². The highest BCUT2D eigenvalue weighted by atomic mass is 16.5. The van der Waals surface area contributed by atoms with Gasteiger partial charge < -0.3 is 10.1 Å². The van der Waals surface area contributed by atoms with Gasteiger partial charge in [0.25, 0.3) is 11.7 Å². The Labute approximate surface area is 150 Å². The van der Waals surface area contributed by atoms with E-state index in [1.165, 1.54) is 6.42 Å². The normalized spacial score (nSPS) is 20.3. The number of nitrogens with one attached hydrogen (secondary N) is 1. The van der Waals surface area contributed by atoms with Crippen LogP contribution in [0.2, 0.25) is 0 Å². The lowest BCUT2D eigenvalue weighted by molar-refractivity contribution is -0.0360. The molecule has 0 bridgehead atoms. The van der Waals surface area contributed by atoms with E-state index in [0.29, 0.717) is 5.78 Å². The molecule has 1 amide bonds. The van der Waals surface area contributed by atoms with Crippen molar-refractivity contribution in [1.82, 2.24) is 24.9 Å². The number of amides is 1. The molecule has 1 aliphatic heterocycles. The van der Waals surface area contributed by atoms with E-state index in [1.807, 2.05) is 37.3 Å². The fourth-order valence-electron chi connectivity index (χ4n) is 3.85. The second-order valence-corrected chi connectivity index (χ2v) is 7.14. The molecule has 5 rings (SSSR count). The van der Waals surface area contributed by atoms with Gasteiger partial charge in [0.2, 0.25) is 5.82 Å². The molecule has 0 saturated heterocycles. The fraction of sp³-hybridized carbons (Fsp3) is 0.368. The third kappa shape index (κ3) is 2.34. The molecule has 7 heteroatoms. The van der Waals surface area contributed by atoms with Gasteiger partial charge in [0.1, 0.15) is 11.4 Å². The number of hydrogen-bond donors (Lipinski definition) is 1. The largest absolute Gasteiger partial charge is 0.487 e. The van der Waals surface area contributed by atoms with E-state index in [2.05, 4.69) is 20.4 Å². The molecule has 3 aromatic rings. The molecule has 1 fully saturated rings. The molecule has 1 saturated carbocycles. The average Bonchev–Trinajstić information content (AvgIpc) is 3.06. The topological polar surface area (TPSA) is 81.4 Å². The first-order chi connectivity index (χ1) is 12.6. The number of carbonyl (C=O) groups is 1. The molecule has 2 aliphatic rings. The minimum absolute atomic E-state index is 0.103. The molecule has 26 heavy (non-hydrogen) atoms. The van der Waals surface area contributed by atoms with E-state index in [-0.39, 0.29) is 23.4 Å². The standard InChI is InChI=1S/C19H19N5O2/c1-12-7-10-20-18-22-16(23-24(12)18)17(25)21-14-11-19(8-4-9-19)26-15-6-3-2-5-13(14)15/h2-3,5-7,10,14H,4,8-9,11H2,1H3,(H,21,25)/t14-/m0/s1. The summed E-state index contributed by atoms with van der Waals surface area (Å²) in [5, 5.41) is 7.41. The zero-order valence-corrected chi connectivity index (χ0v) is 14.5. The van der Waals surface area contributed by atoms with E-state index >= 15 is 0 Å². The van der Waals surface area contributed by atoms with Crippen LogP contribution in [0, 0.1) is 6.92 Å². The molecule has 1 aromatic carbocycles. The molecule has 3 heterocycles. The van der Waals surface area contributed by atoms with Gasteiger partial charge in [0.15, 0.2) is 0 Å². The highest BCUT2D eigenvalue weighted by molar-refractivity contribution is 5.91. The summed E-state index contributed by atoms with van der Waals surface area (Å²) in [6.45, 7) is 1.90. The molecule has 2 aromatic heterocycles. The Morgan fingerprint density at radius 3 is 2.92 bits per heavy atom. The van der Waals surface area contributed by atoms with Gasteiger partial charge in [-0.05, 0) is 38.3 Å². The molecule has 1 N–H and O–H groups in total. The Kier molecular flexibility index (Phi) is 3.25. The summed E-state index contributed by atoms with van der Waals surface area (Å²) in [4.78, 5) is 21.2. The van der Waals surface area contributed by atoms with Gasteiger partial charge in [0.05, 0.1) is 6.04 Å². The number of hydrogen-bond acceptors (Lipinski definition) is 5. The molecule has 132 valence electrons. The zero-order chi connectivity index (χ0) is 17.7. The van der Waals surface area contributed by atoms with Crippen LogP contribution >= 0.6 is 0 Å². The Bertz CT molecular complexity index is 1010. The first-order valence-electron chi connectivity index (χ1n) is 8.91. The molecule has 0 unspecified atom stereocenters. The van der Waals surface area contributed by atoms with Crippen LogP contribution in [0.5, 0.6) is 5.75 Å². The SMILES string of the molecule is Cc1ccnc2nc(C(=O)N[C@H]3CC4(CCC4)Oc4ccccc43)nn12. The van der Waals surface area contributed by atoms with Crippen molar-refractivity contribution in [1.29, 1.82) is 0 Å². The molecular weight excluding hydrogens is 330 g/mol. The van der Waals surface area contributed by atoms with Crippen LogP contribution in [0.4, 0.5) is 0 Å².